The Bertz CT molecular complexity index is 297. The van der Waals surface area contributed by atoms with Crippen LogP contribution < -0.4 is 0 Å². The van der Waals surface area contributed by atoms with Gasteiger partial charge < -0.3 is 0 Å². The van der Waals surface area contributed by atoms with Crippen LogP contribution in [0.1, 0.15) is 0 Å². The second-order valence-corrected chi connectivity index (χ2v) is 2.33. The van der Waals surface area contributed by atoms with Gasteiger partial charge in [-0.3, -0.25) is 4.79 Å². The first-order chi connectivity index (χ1) is 7.29. The fourth-order valence-electron chi connectivity index (χ4n) is 0.662. The van der Waals surface area contributed by atoms with Gasteiger partial charge in [0.15, 0.2) is 12.1 Å². The third kappa shape index (κ3) is 4.91. The molecular weight excluding hydrogens is 275 g/mol. The Balaban J connectivity index is 5.61. The summed E-state index contributed by atoms with van der Waals surface area (Å²) in [4.78, 5) is 8.30. The normalized spacial score (nSPS) is 14.8. The molecule has 0 aliphatic heterocycles. The number of aliphatic imine (C=N–C) groups is 1. The molecule has 0 unspecified atom stereocenters. The molecule has 0 fully saturated rings. The summed E-state index contributed by atoms with van der Waals surface area (Å²) in [6.07, 6.45) is -19.6. The van der Waals surface area contributed by atoms with Gasteiger partial charge in [-0.1, -0.05) is 0 Å². The molecular formula is C5HF9N2O. The van der Waals surface area contributed by atoms with E-state index < -0.39 is 35.9 Å². The Morgan fingerprint density at radius 3 is 1.41 bits per heavy atom. The molecule has 0 amide bonds. The summed E-state index contributed by atoms with van der Waals surface area (Å²) in [7, 11) is 0. The summed E-state index contributed by atoms with van der Waals surface area (Å²) in [5.74, 6) is -2.85. The molecule has 0 saturated heterocycles. The second kappa shape index (κ2) is 4.41. The lowest BCUT2D eigenvalue weighted by Crippen LogP contribution is -2.52. The Hall–Kier alpha value is -1.49. The highest BCUT2D eigenvalue weighted by Gasteiger charge is 2.56. The van der Waals surface area contributed by atoms with E-state index in [0.29, 0.717) is 0 Å². The molecule has 100 valence electrons. The van der Waals surface area contributed by atoms with E-state index in [2.05, 4.69) is 0 Å². The zero-order chi connectivity index (χ0) is 14.1. The van der Waals surface area contributed by atoms with Crippen molar-refractivity contribution in [1.82, 2.24) is 4.90 Å². The first-order valence-corrected chi connectivity index (χ1v) is 3.34. The third-order valence-electron chi connectivity index (χ3n) is 1.08. The molecule has 0 aliphatic rings. The van der Waals surface area contributed by atoms with Crippen molar-refractivity contribution in [3.63, 3.8) is 0 Å². The van der Waals surface area contributed by atoms with Crippen LogP contribution in [0.25, 0.3) is 0 Å². The average Bonchev–Trinajstić information content (AvgIpc) is 1.94. The lowest BCUT2D eigenvalue weighted by Gasteiger charge is -2.27. The molecule has 0 saturated carbocycles. The van der Waals surface area contributed by atoms with Gasteiger partial charge in [0.25, 0.3) is 0 Å². The first kappa shape index (κ1) is 15.5. The number of hydrogen-bond acceptors (Lipinski definition) is 2. The number of nitrogens with zero attached hydrogens (tertiary/aromatic N) is 2. The largest absolute Gasteiger partial charge is 0.505 e. The van der Waals surface area contributed by atoms with Crippen molar-refractivity contribution in [1.29, 1.82) is 0 Å². The van der Waals surface area contributed by atoms with Crippen LogP contribution in [0.5, 0.6) is 0 Å². The molecule has 0 heterocycles. The van der Waals surface area contributed by atoms with Crippen molar-refractivity contribution in [2.45, 2.75) is 18.9 Å². The predicted octanol–water partition coefficient (Wildman–Crippen LogP) is 2.45. The van der Waals surface area contributed by atoms with Crippen molar-refractivity contribution in [2.75, 3.05) is 0 Å². The maximum absolute atomic E-state index is 11.8. The third-order valence-corrected chi connectivity index (χ3v) is 1.08. The monoisotopic (exact) mass is 276 g/mol. The van der Waals surface area contributed by atoms with Gasteiger partial charge in [-0.05, 0) is 0 Å². The Kier molecular flexibility index (Phi) is 4.02. The smallest absolute Gasteiger partial charge is 0.294 e. The molecule has 0 aromatic rings. The van der Waals surface area contributed by atoms with Crippen molar-refractivity contribution in [3.8, 4) is 0 Å². The van der Waals surface area contributed by atoms with Crippen LogP contribution >= 0.6 is 0 Å². The summed E-state index contributed by atoms with van der Waals surface area (Å²) >= 11 is 0. The van der Waals surface area contributed by atoms with E-state index in [0.717, 1.165) is 4.99 Å². The van der Waals surface area contributed by atoms with Gasteiger partial charge >= 0.3 is 18.9 Å². The van der Waals surface area contributed by atoms with E-state index in [1.54, 1.807) is 0 Å². The Morgan fingerprint density at radius 2 is 1.24 bits per heavy atom. The van der Waals surface area contributed by atoms with Gasteiger partial charge in [0, 0.05) is 0 Å². The zero-order valence-electron chi connectivity index (χ0n) is 7.28. The molecule has 0 aliphatic carbocycles. The number of hydrogen-bond donors (Lipinski definition) is 0. The topological polar surface area (TPSA) is 32.7 Å². The summed E-state index contributed by atoms with van der Waals surface area (Å²) < 4.78 is 106. The quantitative estimate of drug-likeness (QED) is 0.242. The van der Waals surface area contributed by atoms with Crippen molar-refractivity contribution < 1.29 is 44.3 Å². The van der Waals surface area contributed by atoms with Crippen LogP contribution in [0, 0.1) is 0 Å². The van der Waals surface area contributed by atoms with Gasteiger partial charge in [0.05, 0.1) is 0 Å². The van der Waals surface area contributed by atoms with Crippen molar-refractivity contribution >= 4 is 12.1 Å². The van der Waals surface area contributed by atoms with Crippen LogP contribution in [0.15, 0.2) is 4.99 Å². The van der Waals surface area contributed by atoms with Gasteiger partial charge in [0.2, 0.25) is 0 Å². The Labute approximate surface area is 86.5 Å². The molecule has 12 heteroatoms. The highest BCUT2D eigenvalue weighted by molar-refractivity contribution is 6.27. The van der Waals surface area contributed by atoms with Crippen LogP contribution in [0.2, 0.25) is 0 Å². The molecule has 0 atom stereocenters. The second-order valence-electron chi connectivity index (χ2n) is 2.33. The molecule has 0 radical (unpaired) electrons. The first-order valence-electron chi connectivity index (χ1n) is 3.34. The van der Waals surface area contributed by atoms with E-state index in [-0.39, 0.29) is 0 Å². The number of alkyl halides is 9. The van der Waals surface area contributed by atoms with Gasteiger partial charge in [-0.2, -0.15) is 9.89 Å². The van der Waals surface area contributed by atoms with Crippen molar-refractivity contribution in [2.24, 2.45) is 4.99 Å². The fraction of sp³-hybridized carbons (Fsp3) is 0.600. The van der Waals surface area contributed by atoms with Gasteiger partial charge in [0.1, 0.15) is 0 Å². The van der Waals surface area contributed by atoms with E-state index in [1.165, 1.54) is 0 Å². The SMILES string of the molecule is O=CC(=NC(F)(F)F)N(C(F)(F)F)C(F)(F)F. The van der Waals surface area contributed by atoms with E-state index >= 15 is 0 Å². The predicted molar refractivity (Wildman–Crippen MR) is 33.5 cm³/mol. The number of carbonyl (C=O) groups excluding carboxylic acids is 1. The van der Waals surface area contributed by atoms with E-state index in [1.807, 2.05) is 0 Å². The van der Waals surface area contributed by atoms with Crippen LogP contribution in [-0.2, 0) is 4.79 Å². The number of amidine groups is 1. The maximum atomic E-state index is 11.8. The molecule has 0 aromatic carbocycles. The number of halogens is 9. The minimum absolute atomic E-state index is 1.10. The standard InChI is InChI=1S/C5HF9N2O/c6-3(7,8)15-2(1-17)16(4(9,10)11)5(12,13)14/h1H. The minimum atomic E-state index is -6.26. The summed E-state index contributed by atoms with van der Waals surface area (Å²) in [5.41, 5.74) is 0. The van der Waals surface area contributed by atoms with Gasteiger partial charge in [-0.25, -0.2) is 0 Å². The highest BCUT2D eigenvalue weighted by atomic mass is 19.4. The van der Waals surface area contributed by atoms with Crippen LogP contribution in [0.3, 0.4) is 0 Å². The van der Waals surface area contributed by atoms with Gasteiger partial charge in [-0.15, -0.1) is 39.5 Å². The zero-order valence-corrected chi connectivity index (χ0v) is 7.28. The highest BCUT2D eigenvalue weighted by Crippen LogP contribution is 2.34. The summed E-state index contributed by atoms with van der Waals surface area (Å²) in [6, 6.07) is 0. The molecule has 0 bridgehead atoms. The van der Waals surface area contributed by atoms with E-state index in [9.17, 15) is 44.3 Å². The lowest BCUT2D eigenvalue weighted by molar-refractivity contribution is -0.343. The molecule has 0 aromatic heterocycles. The van der Waals surface area contributed by atoms with Crippen LogP contribution in [0.4, 0.5) is 39.5 Å². The molecule has 0 N–H and O–H groups in total. The fourth-order valence-corrected chi connectivity index (χ4v) is 0.662. The molecule has 0 spiro atoms. The summed E-state index contributed by atoms with van der Waals surface area (Å²) in [5, 5.41) is 0. The van der Waals surface area contributed by atoms with E-state index in [4.69, 9.17) is 0 Å². The number of rotatable bonds is 1. The summed E-state index contributed by atoms with van der Waals surface area (Å²) in [6.45, 7) is 0. The van der Waals surface area contributed by atoms with Crippen molar-refractivity contribution in [3.05, 3.63) is 0 Å². The Morgan fingerprint density at radius 1 is 0.882 bits per heavy atom. The number of carbonyl (C=O) groups is 1. The molecule has 3 nitrogen and oxygen atoms in total. The maximum Gasteiger partial charge on any atom is 0.505 e. The minimum Gasteiger partial charge on any atom is -0.294 e. The lowest BCUT2D eigenvalue weighted by atomic mass is 10.5. The molecule has 17 heavy (non-hydrogen) atoms. The number of aldehydes is 1. The average molecular weight is 276 g/mol. The van der Waals surface area contributed by atoms with Crippen LogP contribution in [-0.4, -0.2) is 35.9 Å². The molecule has 0 rings (SSSR count).